The molecule has 0 saturated carbocycles. The Balaban J connectivity index is 2.63. The van der Waals surface area contributed by atoms with Crippen LogP contribution in [0.4, 0.5) is 0 Å². The summed E-state index contributed by atoms with van der Waals surface area (Å²) in [5.41, 5.74) is -0.453. The number of piperazine rings is 1. The van der Waals surface area contributed by atoms with E-state index in [9.17, 15) is 9.90 Å². The SMILES string of the molecule is CN1CCN(C(C)(C)C(=O)NC(CO)CC(C)(C)C)CC1. The molecule has 1 aliphatic rings. The number of likely N-dealkylation sites (N-methyl/N-ethyl adjacent to an activating group) is 1. The van der Waals surface area contributed by atoms with Crippen molar-refractivity contribution in [1.82, 2.24) is 15.1 Å². The van der Waals surface area contributed by atoms with Crippen LogP contribution >= 0.6 is 0 Å². The Morgan fingerprint density at radius 1 is 1.14 bits per heavy atom. The van der Waals surface area contributed by atoms with Crippen LogP contribution in [0.15, 0.2) is 0 Å². The second-order valence-corrected chi connectivity index (χ2v) is 7.97. The number of aliphatic hydroxyl groups excluding tert-OH is 1. The van der Waals surface area contributed by atoms with Crippen molar-refractivity contribution in [2.45, 2.75) is 52.6 Å². The summed E-state index contributed by atoms with van der Waals surface area (Å²) in [7, 11) is 2.11. The Labute approximate surface area is 129 Å². The van der Waals surface area contributed by atoms with Gasteiger partial charge in [0.1, 0.15) is 0 Å². The van der Waals surface area contributed by atoms with E-state index in [-0.39, 0.29) is 24.0 Å². The molecule has 1 heterocycles. The Hall–Kier alpha value is -0.650. The summed E-state index contributed by atoms with van der Waals surface area (Å²) < 4.78 is 0. The van der Waals surface area contributed by atoms with Crippen LogP contribution in [0.3, 0.4) is 0 Å². The Morgan fingerprint density at radius 2 is 1.67 bits per heavy atom. The molecule has 1 rings (SSSR count). The van der Waals surface area contributed by atoms with Gasteiger partial charge in [0.2, 0.25) is 5.91 Å². The summed E-state index contributed by atoms with van der Waals surface area (Å²) in [5.74, 6) is 0.00959. The van der Waals surface area contributed by atoms with Gasteiger partial charge in [-0.3, -0.25) is 9.69 Å². The summed E-state index contributed by atoms with van der Waals surface area (Å²) in [6.07, 6.45) is 0.772. The van der Waals surface area contributed by atoms with E-state index < -0.39 is 5.54 Å². The summed E-state index contributed by atoms with van der Waals surface area (Å²) in [5, 5.41) is 12.5. The van der Waals surface area contributed by atoms with E-state index in [0.717, 1.165) is 32.6 Å². The lowest BCUT2D eigenvalue weighted by molar-refractivity contribution is -0.134. The van der Waals surface area contributed by atoms with E-state index in [2.05, 4.69) is 42.9 Å². The molecule has 1 fully saturated rings. The Morgan fingerprint density at radius 3 is 2.10 bits per heavy atom. The number of nitrogens with one attached hydrogen (secondary N) is 1. The molecule has 0 aliphatic carbocycles. The van der Waals surface area contributed by atoms with Crippen LogP contribution in [0.1, 0.15) is 41.0 Å². The smallest absolute Gasteiger partial charge is 0.240 e. The third kappa shape index (κ3) is 5.57. The molecule has 1 amide bonds. The number of nitrogens with zero attached hydrogens (tertiary/aromatic N) is 2. The van der Waals surface area contributed by atoms with Crippen LogP contribution < -0.4 is 5.32 Å². The largest absolute Gasteiger partial charge is 0.394 e. The highest BCUT2D eigenvalue weighted by atomic mass is 16.3. The maximum absolute atomic E-state index is 12.6. The lowest BCUT2D eigenvalue weighted by atomic mass is 9.88. The molecule has 1 aliphatic heterocycles. The van der Waals surface area contributed by atoms with E-state index in [4.69, 9.17) is 0 Å². The van der Waals surface area contributed by atoms with Crippen molar-refractivity contribution < 1.29 is 9.90 Å². The van der Waals surface area contributed by atoms with Gasteiger partial charge in [0.15, 0.2) is 0 Å². The van der Waals surface area contributed by atoms with Gasteiger partial charge in [-0.05, 0) is 32.7 Å². The molecule has 1 saturated heterocycles. The molecular weight excluding hydrogens is 266 g/mol. The minimum absolute atomic E-state index is 0.00959. The van der Waals surface area contributed by atoms with Gasteiger partial charge in [-0.1, -0.05) is 20.8 Å². The number of hydrogen-bond acceptors (Lipinski definition) is 4. The van der Waals surface area contributed by atoms with Gasteiger partial charge in [-0.2, -0.15) is 0 Å². The van der Waals surface area contributed by atoms with Crippen LogP contribution in [0.25, 0.3) is 0 Å². The first-order chi connectivity index (χ1) is 9.56. The van der Waals surface area contributed by atoms with Crippen LogP contribution in [0, 0.1) is 5.41 Å². The maximum Gasteiger partial charge on any atom is 0.240 e. The van der Waals surface area contributed by atoms with Gasteiger partial charge in [-0.15, -0.1) is 0 Å². The van der Waals surface area contributed by atoms with Crippen LogP contribution in [0.5, 0.6) is 0 Å². The molecule has 0 radical (unpaired) electrons. The molecule has 0 spiro atoms. The molecule has 0 aromatic heterocycles. The molecule has 5 heteroatoms. The summed E-state index contributed by atoms with van der Waals surface area (Å²) in [6.45, 7) is 14.1. The summed E-state index contributed by atoms with van der Waals surface area (Å²) in [4.78, 5) is 17.1. The monoisotopic (exact) mass is 299 g/mol. The van der Waals surface area contributed by atoms with E-state index in [1.165, 1.54) is 0 Å². The van der Waals surface area contributed by atoms with Crippen molar-refractivity contribution in [3.8, 4) is 0 Å². The zero-order chi connectivity index (χ0) is 16.3. The van der Waals surface area contributed by atoms with Gasteiger partial charge < -0.3 is 15.3 Å². The number of carbonyl (C=O) groups is 1. The molecule has 124 valence electrons. The molecule has 1 unspecified atom stereocenters. The number of hydrogen-bond donors (Lipinski definition) is 2. The van der Waals surface area contributed by atoms with Crippen molar-refractivity contribution in [1.29, 1.82) is 0 Å². The normalized spacial score (nSPS) is 20.3. The van der Waals surface area contributed by atoms with Gasteiger partial charge in [0, 0.05) is 26.2 Å². The highest BCUT2D eigenvalue weighted by Crippen LogP contribution is 2.22. The topological polar surface area (TPSA) is 55.8 Å². The van der Waals surface area contributed by atoms with Gasteiger partial charge in [0.05, 0.1) is 18.2 Å². The van der Waals surface area contributed by atoms with E-state index in [0.29, 0.717) is 0 Å². The fourth-order valence-corrected chi connectivity index (χ4v) is 2.77. The number of amides is 1. The van der Waals surface area contributed by atoms with E-state index in [1.54, 1.807) is 0 Å². The molecular formula is C16H33N3O2. The standard InChI is InChI=1S/C16H33N3O2/c1-15(2,3)11-13(12-20)17-14(21)16(4,5)19-9-7-18(6)8-10-19/h13,20H,7-12H2,1-6H3,(H,17,21). The van der Waals surface area contributed by atoms with Gasteiger partial charge in [-0.25, -0.2) is 0 Å². The van der Waals surface area contributed by atoms with Crippen molar-refractivity contribution in [2.24, 2.45) is 5.41 Å². The molecule has 0 bridgehead atoms. The second kappa shape index (κ2) is 7.07. The molecule has 1 atom stereocenters. The van der Waals surface area contributed by atoms with Crippen molar-refractivity contribution in [3.63, 3.8) is 0 Å². The Kier molecular flexibility index (Phi) is 6.20. The van der Waals surface area contributed by atoms with Gasteiger partial charge >= 0.3 is 0 Å². The quantitative estimate of drug-likeness (QED) is 0.793. The first kappa shape index (κ1) is 18.4. The molecule has 2 N–H and O–H groups in total. The minimum Gasteiger partial charge on any atom is -0.394 e. The number of rotatable bonds is 5. The summed E-state index contributed by atoms with van der Waals surface area (Å²) in [6, 6.07) is -0.177. The molecule has 5 nitrogen and oxygen atoms in total. The van der Waals surface area contributed by atoms with Crippen LogP contribution in [-0.4, -0.2) is 72.2 Å². The lowest BCUT2D eigenvalue weighted by Gasteiger charge is -2.42. The van der Waals surface area contributed by atoms with E-state index >= 15 is 0 Å². The van der Waals surface area contributed by atoms with Crippen LogP contribution in [0.2, 0.25) is 0 Å². The average molecular weight is 299 g/mol. The third-order valence-corrected chi connectivity index (χ3v) is 4.26. The van der Waals surface area contributed by atoms with Crippen molar-refractivity contribution in [2.75, 3.05) is 39.8 Å². The van der Waals surface area contributed by atoms with Gasteiger partial charge in [0.25, 0.3) is 0 Å². The third-order valence-electron chi connectivity index (χ3n) is 4.26. The van der Waals surface area contributed by atoms with E-state index in [1.807, 2.05) is 13.8 Å². The van der Waals surface area contributed by atoms with Crippen molar-refractivity contribution >= 4 is 5.91 Å². The van der Waals surface area contributed by atoms with Crippen molar-refractivity contribution in [3.05, 3.63) is 0 Å². The van der Waals surface area contributed by atoms with Crippen LogP contribution in [-0.2, 0) is 4.79 Å². The predicted molar refractivity (Wildman–Crippen MR) is 86.2 cm³/mol. The molecule has 0 aromatic carbocycles. The first-order valence-corrected chi connectivity index (χ1v) is 7.91. The maximum atomic E-state index is 12.6. The predicted octanol–water partition coefficient (Wildman–Crippen LogP) is 0.926. The summed E-state index contributed by atoms with van der Waals surface area (Å²) >= 11 is 0. The zero-order valence-electron chi connectivity index (χ0n) is 14.6. The molecule has 21 heavy (non-hydrogen) atoms. The zero-order valence-corrected chi connectivity index (χ0v) is 14.6. The average Bonchev–Trinajstić information content (AvgIpc) is 2.36. The minimum atomic E-state index is -0.535. The fraction of sp³-hybridized carbons (Fsp3) is 0.938. The number of carbonyl (C=O) groups excluding carboxylic acids is 1. The molecule has 0 aromatic rings. The lowest BCUT2D eigenvalue weighted by Crippen LogP contribution is -2.61. The first-order valence-electron chi connectivity index (χ1n) is 7.91. The fourth-order valence-electron chi connectivity index (χ4n) is 2.77. The highest BCUT2D eigenvalue weighted by Gasteiger charge is 2.37. The highest BCUT2D eigenvalue weighted by molar-refractivity contribution is 5.85. The second-order valence-electron chi connectivity index (χ2n) is 7.97. The number of aliphatic hydroxyl groups is 1. The Bertz CT molecular complexity index is 342.